The molecular weight excluding hydrogens is 283 g/mol. The largest absolute Gasteiger partial charge is 0.294 e. The van der Waals surface area contributed by atoms with Crippen molar-refractivity contribution in [3.63, 3.8) is 0 Å². The van der Waals surface area contributed by atoms with Crippen molar-refractivity contribution >= 4 is 21.7 Å². The third-order valence-electron chi connectivity index (χ3n) is 2.55. The number of Topliss-reactive ketones (excluding diaryl/α,β-unsaturated/α-hetero) is 1. The number of halogens is 2. The third kappa shape index (κ3) is 2.29. The molecule has 3 heteroatoms. The van der Waals surface area contributed by atoms with Crippen LogP contribution in [0.2, 0.25) is 0 Å². The minimum atomic E-state index is -0.346. The SMILES string of the molecule is CC(=O)c1ccccc1-c1cccc(Br)c1F. The van der Waals surface area contributed by atoms with Crippen LogP contribution in [0.25, 0.3) is 11.1 Å². The highest BCUT2D eigenvalue weighted by Crippen LogP contribution is 2.30. The van der Waals surface area contributed by atoms with Gasteiger partial charge >= 0.3 is 0 Å². The third-order valence-corrected chi connectivity index (χ3v) is 3.16. The van der Waals surface area contributed by atoms with E-state index in [0.29, 0.717) is 21.2 Å². The van der Waals surface area contributed by atoms with Crippen molar-refractivity contribution in [2.45, 2.75) is 6.92 Å². The smallest absolute Gasteiger partial charge is 0.160 e. The molecule has 0 saturated heterocycles. The molecule has 0 N–H and O–H groups in total. The van der Waals surface area contributed by atoms with E-state index in [9.17, 15) is 9.18 Å². The van der Waals surface area contributed by atoms with E-state index in [1.807, 2.05) is 0 Å². The van der Waals surface area contributed by atoms with E-state index in [0.717, 1.165) is 0 Å². The number of hydrogen-bond acceptors (Lipinski definition) is 1. The van der Waals surface area contributed by atoms with Crippen LogP contribution in [-0.2, 0) is 0 Å². The normalized spacial score (nSPS) is 10.3. The summed E-state index contributed by atoms with van der Waals surface area (Å²) in [4.78, 5) is 11.5. The molecule has 0 bridgehead atoms. The summed E-state index contributed by atoms with van der Waals surface area (Å²) in [5, 5.41) is 0. The highest BCUT2D eigenvalue weighted by atomic mass is 79.9. The minimum Gasteiger partial charge on any atom is -0.294 e. The van der Waals surface area contributed by atoms with Crippen LogP contribution < -0.4 is 0 Å². The fourth-order valence-electron chi connectivity index (χ4n) is 1.74. The van der Waals surface area contributed by atoms with Crippen LogP contribution in [0, 0.1) is 5.82 Å². The Labute approximate surface area is 107 Å². The van der Waals surface area contributed by atoms with Crippen molar-refractivity contribution in [3.05, 3.63) is 58.3 Å². The molecule has 86 valence electrons. The Kier molecular flexibility index (Phi) is 3.38. The van der Waals surface area contributed by atoms with Crippen molar-refractivity contribution in [1.82, 2.24) is 0 Å². The number of carbonyl (C=O) groups excluding carboxylic acids is 1. The van der Waals surface area contributed by atoms with Gasteiger partial charge in [0, 0.05) is 11.1 Å². The first-order valence-corrected chi connectivity index (χ1v) is 5.95. The summed E-state index contributed by atoms with van der Waals surface area (Å²) in [7, 11) is 0. The van der Waals surface area contributed by atoms with Gasteiger partial charge < -0.3 is 0 Å². The second kappa shape index (κ2) is 4.80. The van der Waals surface area contributed by atoms with Crippen LogP contribution in [0.1, 0.15) is 17.3 Å². The quantitative estimate of drug-likeness (QED) is 0.747. The molecule has 0 heterocycles. The van der Waals surface area contributed by atoms with Gasteiger partial charge in [-0.25, -0.2) is 4.39 Å². The monoisotopic (exact) mass is 292 g/mol. The Balaban J connectivity index is 2.69. The first kappa shape index (κ1) is 12.0. The van der Waals surface area contributed by atoms with Crippen LogP contribution >= 0.6 is 15.9 Å². The molecule has 0 aliphatic heterocycles. The van der Waals surface area contributed by atoms with Crippen molar-refractivity contribution in [3.8, 4) is 11.1 Å². The van der Waals surface area contributed by atoms with Crippen molar-refractivity contribution in [2.24, 2.45) is 0 Å². The van der Waals surface area contributed by atoms with Gasteiger partial charge in [0.25, 0.3) is 0 Å². The summed E-state index contributed by atoms with van der Waals surface area (Å²) >= 11 is 3.15. The van der Waals surface area contributed by atoms with E-state index >= 15 is 0 Å². The first-order valence-electron chi connectivity index (χ1n) is 5.15. The van der Waals surface area contributed by atoms with Crippen LogP contribution in [-0.4, -0.2) is 5.78 Å². The second-order valence-corrected chi connectivity index (χ2v) is 4.56. The van der Waals surface area contributed by atoms with Gasteiger partial charge in [-0.05, 0) is 34.5 Å². The predicted molar refractivity (Wildman–Crippen MR) is 69.5 cm³/mol. The van der Waals surface area contributed by atoms with Gasteiger partial charge in [0.1, 0.15) is 5.82 Å². The lowest BCUT2D eigenvalue weighted by Gasteiger charge is -2.08. The zero-order valence-corrected chi connectivity index (χ0v) is 10.8. The molecule has 0 saturated carbocycles. The molecule has 2 aromatic carbocycles. The Hall–Kier alpha value is -1.48. The molecule has 0 aliphatic rings. The predicted octanol–water partition coefficient (Wildman–Crippen LogP) is 4.46. The number of benzene rings is 2. The summed E-state index contributed by atoms with van der Waals surface area (Å²) in [6.07, 6.45) is 0. The molecule has 0 amide bonds. The summed E-state index contributed by atoms with van der Waals surface area (Å²) in [5.74, 6) is -0.416. The molecule has 0 atom stereocenters. The highest BCUT2D eigenvalue weighted by Gasteiger charge is 2.13. The zero-order valence-electron chi connectivity index (χ0n) is 9.21. The summed E-state index contributed by atoms with van der Waals surface area (Å²) < 4.78 is 14.4. The molecule has 0 unspecified atom stereocenters. The Morgan fingerprint density at radius 2 is 1.71 bits per heavy atom. The van der Waals surface area contributed by atoms with E-state index in [2.05, 4.69) is 15.9 Å². The van der Waals surface area contributed by atoms with Gasteiger partial charge in [-0.15, -0.1) is 0 Å². The maximum atomic E-state index is 14.0. The second-order valence-electron chi connectivity index (χ2n) is 3.70. The van der Waals surface area contributed by atoms with Gasteiger partial charge in [0.2, 0.25) is 0 Å². The molecule has 17 heavy (non-hydrogen) atoms. The van der Waals surface area contributed by atoms with E-state index in [-0.39, 0.29) is 11.6 Å². The summed E-state index contributed by atoms with van der Waals surface area (Å²) in [5.41, 5.74) is 1.59. The molecule has 0 aliphatic carbocycles. The van der Waals surface area contributed by atoms with Crippen LogP contribution in [0.3, 0.4) is 0 Å². The lowest BCUT2D eigenvalue weighted by Crippen LogP contribution is -1.97. The Bertz CT molecular complexity index is 578. The zero-order chi connectivity index (χ0) is 12.4. The van der Waals surface area contributed by atoms with E-state index < -0.39 is 0 Å². The molecule has 0 aromatic heterocycles. The van der Waals surface area contributed by atoms with Gasteiger partial charge in [-0.3, -0.25) is 4.79 Å². The topological polar surface area (TPSA) is 17.1 Å². The molecule has 0 fully saturated rings. The molecule has 0 radical (unpaired) electrons. The van der Waals surface area contributed by atoms with Gasteiger partial charge in [-0.2, -0.15) is 0 Å². The number of ketones is 1. The molecule has 0 spiro atoms. The molecular formula is C14H10BrFO. The number of rotatable bonds is 2. The maximum Gasteiger partial charge on any atom is 0.160 e. The van der Waals surface area contributed by atoms with Gasteiger partial charge in [0.05, 0.1) is 4.47 Å². The molecule has 2 rings (SSSR count). The lowest BCUT2D eigenvalue weighted by molar-refractivity contribution is 0.101. The van der Waals surface area contributed by atoms with Crippen LogP contribution in [0.15, 0.2) is 46.9 Å². The van der Waals surface area contributed by atoms with Crippen LogP contribution in [0.5, 0.6) is 0 Å². The van der Waals surface area contributed by atoms with Gasteiger partial charge in [0.15, 0.2) is 5.78 Å². The fourth-order valence-corrected chi connectivity index (χ4v) is 2.10. The van der Waals surface area contributed by atoms with E-state index in [1.54, 1.807) is 42.5 Å². The van der Waals surface area contributed by atoms with Crippen molar-refractivity contribution in [1.29, 1.82) is 0 Å². The summed E-state index contributed by atoms with van der Waals surface area (Å²) in [6.45, 7) is 1.48. The number of hydrogen-bond donors (Lipinski definition) is 0. The number of carbonyl (C=O) groups is 1. The Morgan fingerprint density at radius 3 is 2.41 bits per heavy atom. The molecule has 2 aromatic rings. The molecule has 1 nitrogen and oxygen atoms in total. The van der Waals surface area contributed by atoms with E-state index in [4.69, 9.17) is 0 Å². The average Bonchev–Trinajstić information content (AvgIpc) is 2.33. The summed E-state index contributed by atoms with van der Waals surface area (Å²) in [6, 6.07) is 12.1. The maximum absolute atomic E-state index is 14.0. The standard InChI is InChI=1S/C14H10BrFO/c1-9(17)10-5-2-3-6-11(10)12-7-4-8-13(15)14(12)16/h2-8H,1H3. The highest BCUT2D eigenvalue weighted by molar-refractivity contribution is 9.10. The van der Waals surface area contributed by atoms with Gasteiger partial charge in [-0.1, -0.05) is 36.4 Å². The lowest BCUT2D eigenvalue weighted by atomic mass is 9.97. The van der Waals surface area contributed by atoms with E-state index in [1.165, 1.54) is 6.92 Å². The Morgan fingerprint density at radius 1 is 1.06 bits per heavy atom. The average molecular weight is 293 g/mol. The van der Waals surface area contributed by atoms with Crippen molar-refractivity contribution < 1.29 is 9.18 Å². The first-order chi connectivity index (χ1) is 8.11. The fraction of sp³-hybridized carbons (Fsp3) is 0.0714. The van der Waals surface area contributed by atoms with Crippen LogP contribution in [0.4, 0.5) is 4.39 Å². The van der Waals surface area contributed by atoms with Crippen molar-refractivity contribution in [2.75, 3.05) is 0 Å². The minimum absolute atomic E-state index is 0.0695.